The van der Waals surface area contributed by atoms with Crippen LogP contribution in [0.15, 0.2) is 12.1 Å². The maximum Gasteiger partial charge on any atom is 0.138 e. The molecule has 0 fully saturated rings. The second kappa shape index (κ2) is 7.24. The van der Waals surface area contributed by atoms with Crippen molar-refractivity contribution in [2.24, 2.45) is 0 Å². The summed E-state index contributed by atoms with van der Waals surface area (Å²) >= 11 is 7.89. The first-order chi connectivity index (χ1) is 9.93. The van der Waals surface area contributed by atoms with E-state index in [0.29, 0.717) is 15.9 Å². The first-order valence-corrected chi connectivity index (χ1v) is 8.62. The van der Waals surface area contributed by atoms with Gasteiger partial charge in [-0.3, -0.25) is 0 Å². The van der Waals surface area contributed by atoms with Gasteiger partial charge < -0.3 is 9.47 Å². The van der Waals surface area contributed by atoms with Crippen molar-refractivity contribution in [2.45, 2.75) is 25.8 Å². The second-order valence-electron chi connectivity index (χ2n) is 5.53. The Kier molecular flexibility index (Phi) is 5.85. The first kappa shape index (κ1) is 17.0. The SMILES string of the molecule is CC(CCN(C)C)n1c(CCCl)nc2cc(I)c(F)cc21. The summed E-state index contributed by atoms with van der Waals surface area (Å²) in [6.07, 6.45) is 1.68. The molecule has 3 nitrogen and oxygen atoms in total. The number of alkyl halides is 1. The maximum atomic E-state index is 13.9. The van der Waals surface area contributed by atoms with Crippen molar-refractivity contribution >= 4 is 45.2 Å². The number of aromatic nitrogens is 2. The molecule has 21 heavy (non-hydrogen) atoms. The van der Waals surface area contributed by atoms with E-state index in [1.165, 1.54) is 0 Å². The highest BCUT2D eigenvalue weighted by molar-refractivity contribution is 14.1. The standard InChI is InChI=1S/C15H20ClFIN3/c1-10(5-7-20(2)3)21-14-8-11(17)12(18)9-13(14)19-15(21)4-6-16/h8-10H,4-7H2,1-3H3. The highest BCUT2D eigenvalue weighted by Crippen LogP contribution is 2.27. The highest BCUT2D eigenvalue weighted by atomic mass is 127. The Morgan fingerprint density at radius 1 is 1.43 bits per heavy atom. The summed E-state index contributed by atoms with van der Waals surface area (Å²) < 4.78 is 16.7. The lowest BCUT2D eigenvalue weighted by molar-refractivity contribution is 0.357. The predicted octanol–water partition coefficient (Wildman–Crippen LogP) is 4.07. The number of rotatable bonds is 6. The van der Waals surface area contributed by atoms with E-state index in [9.17, 15) is 4.39 Å². The summed E-state index contributed by atoms with van der Waals surface area (Å²) in [5.74, 6) is 1.26. The van der Waals surface area contributed by atoms with Crippen molar-refractivity contribution in [3.8, 4) is 0 Å². The maximum absolute atomic E-state index is 13.9. The van der Waals surface area contributed by atoms with Crippen LogP contribution in [0, 0.1) is 9.39 Å². The summed E-state index contributed by atoms with van der Waals surface area (Å²) in [6.45, 7) is 3.13. The highest BCUT2D eigenvalue weighted by Gasteiger charge is 2.17. The number of nitrogens with zero attached hydrogens (tertiary/aromatic N) is 3. The molecule has 1 atom stereocenters. The van der Waals surface area contributed by atoms with E-state index >= 15 is 0 Å². The number of hydrogen-bond acceptors (Lipinski definition) is 2. The number of halogens is 3. The lowest BCUT2D eigenvalue weighted by Gasteiger charge is -2.19. The molecule has 116 valence electrons. The van der Waals surface area contributed by atoms with Gasteiger partial charge in [0, 0.05) is 24.4 Å². The zero-order valence-corrected chi connectivity index (χ0v) is 15.4. The van der Waals surface area contributed by atoms with Gasteiger partial charge in [-0.1, -0.05) is 0 Å². The van der Waals surface area contributed by atoms with Gasteiger partial charge >= 0.3 is 0 Å². The molecule has 0 saturated heterocycles. The minimum absolute atomic E-state index is 0.193. The average molecular weight is 424 g/mol. The Hall–Kier alpha value is -0.400. The Labute approximate surface area is 143 Å². The number of hydrogen-bond donors (Lipinski definition) is 0. The molecule has 1 heterocycles. The van der Waals surface area contributed by atoms with Crippen molar-refractivity contribution in [1.82, 2.24) is 14.5 Å². The third-order valence-corrected chi connectivity index (χ3v) is 4.57. The minimum Gasteiger partial charge on any atom is -0.325 e. The van der Waals surface area contributed by atoms with E-state index in [1.54, 1.807) is 12.1 Å². The minimum atomic E-state index is -0.193. The van der Waals surface area contributed by atoms with Crippen molar-refractivity contribution in [2.75, 3.05) is 26.5 Å². The third-order valence-electron chi connectivity index (χ3n) is 3.56. The van der Waals surface area contributed by atoms with Crippen LogP contribution in [0.25, 0.3) is 11.0 Å². The summed E-state index contributed by atoms with van der Waals surface area (Å²) in [6, 6.07) is 3.65. The third kappa shape index (κ3) is 3.87. The zero-order chi connectivity index (χ0) is 15.6. The van der Waals surface area contributed by atoms with E-state index in [4.69, 9.17) is 11.6 Å². The number of aryl methyl sites for hydroxylation is 1. The van der Waals surface area contributed by atoms with Crippen molar-refractivity contribution in [3.63, 3.8) is 0 Å². The molecule has 0 aliphatic carbocycles. The molecule has 0 radical (unpaired) electrons. The van der Waals surface area contributed by atoms with Crippen molar-refractivity contribution < 1.29 is 4.39 Å². The van der Waals surface area contributed by atoms with Crippen LogP contribution in [0.2, 0.25) is 0 Å². The summed E-state index contributed by atoms with van der Waals surface area (Å²) in [7, 11) is 4.11. The van der Waals surface area contributed by atoms with Crippen molar-refractivity contribution in [3.05, 3.63) is 27.3 Å². The molecule has 0 N–H and O–H groups in total. The quantitative estimate of drug-likeness (QED) is 0.516. The second-order valence-corrected chi connectivity index (χ2v) is 7.07. The molecular formula is C15H20ClFIN3. The van der Waals surface area contributed by atoms with E-state index in [-0.39, 0.29) is 11.9 Å². The van der Waals surface area contributed by atoms with Gasteiger partial charge in [-0.05, 0) is 62.6 Å². The summed E-state index contributed by atoms with van der Waals surface area (Å²) in [5.41, 5.74) is 1.71. The van der Waals surface area contributed by atoms with Crippen LogP contribution < -0.4 is 0 Å². The van der Waals surface area contributed by atoms with Crippen LogP contribution in [0.4, 0.5) is 4.39 Å². The molecule has 0 saturated carbocycles. The van der Waals surface area contributed by atoms with Crippen LogP contribution in [-0.4, -0.2) is 41.0 Å². The molecule has 0 spiro atoms. The van der Waals surface area contributed by atoms with Gasteiger partial charge in [0.1, 0.15) is 11.6 Å². The molecule has 0 bridgehead atoms. The number of benzene rings is 1. The monoisotopic (exact) mass is 423 g/mol. The predicted molar refractivity (Wildman–Crippen MR) is 94.7 cm³/mol. The smallest absolute Gasteiger partial charge is 0.138 e. The normalized spacial score (nSPS) is 13.3. The lowest BCUT2D eigenvalue weighted by atomic mass is 10.2. The molecule has 2 rings (SSSR count). The number of fused-ring (bicyclic) bond motifs is 1. The van der Waals surface area contributed by atoms with E-state index in [2.05, 4.69) is 35.5 Å². The van der Waals surface area contributed by atoms with Crippen LogP contribution in [0.1, 0.15) is 25.2 Å². The van der Waals surface area contributed by atoms with Gasteiger partial charge in [0.05, 0.1) is 14.6 Å². The Bertz CT molecular complexity index is 627. The van der Waals surface area contributed by atoms with Crippen LogP contribution in [0.5, 0.6) is 0 Å². The van der Waals surface area contributed by atoms with Crippen molar-refractivity contribution in [1.29, 1.82) is 0 Å². The molecular weight excluding hydrogens is 404 g/mol. The topological polar surface area (TPSA) is 21.1 Å². The molecule has 1 unspecified atom stereocenters. The molecule has 0 aliphatic heterocycles. The fraction of sp³-hybridized carbons (Fsp3) is 0.533. The summed E-state index contributed by atoms with van der Waals surface area (Å²) in [5, 5.41) is 0. The summed E-state index contributed by atoms with van der Waals surface area (Å²) in [4.78, 5) is 6.80. The van der Waals surface area contributed by atoms with E-state index in [0.717, 1.165) is 29.8 Å². The van der Waals surface area contributed by atoms with E-state index in [1.807, 2.05) is 22.6 Å². The molecule has 6 heteroatoms. The fourth-order valence-corrected chi connectivity index (χ4v) is 3.09. The van der Waals surface area contributed by atoms with Gasteiger partial charge in [-0.15, -0.1) is 11.6 Å². The molecule has 1 aromatic carbocycles. The Balaban J connectivity index is 2.47. The molecule has 2 aromatic rings. The van der Waals surface area contributed by atoms with Gasteiger partial charge in [0.2, 0.25) is 0 Å². The van der Waals surface area contributed by atoms with Gasteiger partial charge in [-0.2, -0.15) is 0 Å². The van der Waals surface area contributed by atoms with Crippen LogP contribution in [-0.2, 0) is 6.42 Å². The zero-order valence-electron chi connectivity index (χ0n) is 12.5. The first-order valence-electron chi connectivity index (χ1n) is 7.00. The largest absolute Gasteiger partial charge is 0.325 e. The van der Waals surface area contributed by atoms with Gasteiger partial charge in [0.15, 0.2) is 0 Å². The van der Waals surface area contributed by atoms with E-state index < -0.39 is 0 Å². The van der Waals surface area contributed by atoms with Crippen LogP contribution in [0.3, 0.4) is 0 Å². The average Bonchev–Trinajstić information content (AvgIpc) is 2.74. The lowest BCUT2D eigenvalue weighted by Crippen LogP contribution is -2.18. The number of imidazole rings is 1. The molecule has 0 amide bonds. The molecule has 0 aliphatic rings. The molecule has 1 aromatic heterocycles. The fourth-order valence-electron chi connectivity index (χ4n) is 2.47. The van der Waals surface area contributed by atoms with Crippen LogP contribution >= 0.6 is 34.2 Å². The van der Waals surface area contributed by atoms with Gasteiger partial charge in [0.25, 0.3) is 0 Å². The Morgan fingerprint density at radius 2 is 2.14 bits per heavy atom. The Morgan fingerprint density at radius 3 is 2.76 bits per heavy atom. The van der Waals surface area contributed by atoms with Gasteiger partial charge in [-0.25, -0.2) is 9.37 Å².